The molecule has 88 valence electrons. The lowest BCUT2D eigenvalue weighted by atomic mass is 10.1. The number of hydrogen-bond acceptors (Lipinski definition) is 4. The summed E-state index contributed by atoms with van der Waals surface area (Å²) in [5, 5.41) is 8.64. The average molecular weight is 224 g/mol. The minimum Gasteiger partial charge on any atom is -0.489 e. The van der Waals surface area contributed by atoms with Gasteiger partial charge in [-0.05, 0) is 18.2 Å². The lowest BCUT2D eigenvalue weighted by molar-refractivity contribution is 0.0827. The van der Waals surface area contributed by atoms with Gasteiger partial charge in [0.1, 0.15) is 12.4 Å². The van der Waals surface area contributed by atoms with E-state index in [0.717, 1.165) is 0 Å². The Hall–Kier alpha value is -1.75. The van der Waals surface area contributed by atoms with Crippen LogP contribution in [-0.4, -0.2) is 43.2 Å². The van der Waals surface area contributed by atoms with Gasteiger partial charge in [0.25, 0.3) is 5.91 Å². The highest BCUT2D eigenvalue weighted by atomic mass is 16.5. The van der Waals surface area contributed by atoms with Gasteiger partial charge >= 0.3 is 0 Å². The lowest BCUT2D eigenvalue weighted by Crippen LogP contribution is -2.21. The number of rotatable bonds is 4. The fourth-order valence-electron chi connectivity index (χ4n) is 1.21. The minimum absolute atomic E-state index is 0.0920. The van der Waals surface area contributed by atoms with Crippen LogP contribution in [0.25, 0.3) is 0 Å². The molecule has 5 heteroatoms. The van der Waals surface area contributed by atoms with E-state index in [-0.39, 0.29) is 19.1 Å². The largest absolute Gasteiger partial charge is 0.489 e. The molecule has 0 unspecified atom stereocenters. The van der Waals surface area contributed by atoms with Crippen molar-refractivity contribution < 1.29 is 14.6 Å². The molecule has 0 saturated carbocycles. The van der Waals surface area contributed by atoms with E-state index in [1.807, 2.05) is 0 Å². The first kappa shape index (κ1) is 12.3. The summed E-state index contributed by atoms with van der Waals surface area (Å²) in [6.07, 6.45) is 0. The molecule has 0 atom stereocenters. The lowest BCUT2D eigenvalue weighted by Gasteiger charge is -2.13. The van der Waals surface area contributed by atoms with Crippen molar-refractivity contribution >= 4 is 11.6 Å². The maximum atomic E-state index is 11.7. The fraction of sp³-hybridized carbons (Fsp3) is 0.364. The van der Waals surface area contributed by atoms with Crippen LogP contribution in [0.5, 0.6) is 5.75 Å². The monoisotopic (exact) mass is 224 g/mol. The van der Waals surface area contributed by atoms with E-state index in [4.69, 9.17) is 15.6 Å². The van der Waals surface area contributed by atoms with Crippen molar-refractivity contribution in [2.24, 2.45) is 0 Å². The van der Waals surface area contributed by atoms with Gasteiger partial charge in [-0.3, -0.25) is 4.79 Å². The molecule has 1 rings (SSSR count). The second kappa shape index (κ2) is 5.37. The average Bonchev–Trinajstić information content (AvgIpc) is 2.27. The van der Waals surface area contributed by atoms with E-state index >= 15 is 0 Å². The van der Waals surface area contributed by atoms with Crippen LogP contribution in [0.2, 0.25) is 0 Å². The van der Waals surface area contributed by atoms with E-state index in [1.165, 1.54) is 4.90 Å². The zero-order chi connectivity index (χ0) is 12.1. The second-order valence-corrected chi connectivity index (χ2v) is 3.52. The van der Waals surface area contributed by atoms with Gasteiger partial charge in [0, 0.05) is 19.7 Å². The summed E-state index contributed by atoms with van der Waals surface area (Å²) in [6.45, 7) is 0.0646. The van der Waals surface area contributed by atoms with Crippen LogP contribution in [0.15, 0.2) is 18.2 Å². The highest BCUT2D eigenvalue weighted by Crippen LogP contribution is 2.23. The zero-order valence-corrected chi connectivity index (χ0v) is 9.43. The summed E-state index contributed by atoms with van der Waals surface area (Å²) < 4.78 is 5.21. The molecule has 0 aliphatic rings. The standard InChI is InChI=1S/C11H16N2O3/c1-13(2)11(15)8-3-4-9(12)10(7-8)16-6-5-14/h3-4,7,14H,5-6,12H2,1-2H3. The Morgan fingerprint density at radius 2 is 2.19 bits per heavy atom. The molecule has 0 aliphatic carbocycles. The molecular weight excluding hydrogens is 208 g/mol. The number of benzene rings is 1. The summed E-state index contributed by atoms with van der Waals surface area (Å²) in [5.41, 5.74) is 6.63. The van der Waals surface area contributed by atoms with E-state index < -0.39 is 0 Å². The normalized spacial score (nSPS) is 9.94. The van der Waals surface area contributed by atoms with Gasteiger partial charge in [-0.15, -0.1) is 0 Å². The molecular formula is C11H16N2O3. The number of hydrogen-bond donors (Lipinski definition) is 2. The van der Waals surface area contributed by atoms with Crippen LogP contribution in [0.1, 0.15) is 10.4 Å². The first-order chi connectivity index (χ1) is 7.56. The van der Waals surface area contributed by atoms with Crippen LogP contribution in [-0.2, 0) is 0 Å². The maximum absolute atomic E-state index is 11.7. The summed E-state index contributed by atoms with van der Waals surface area (Å²) >= 11 is 0. The number of aliphatic hydroxyl groups excluding tert-OH is 1. The van der Waals surface area contributed by atoms with E-state index in [9.17, 15) is 4.79 Å². The number of anilines is 1. The van der Waals surface area contributed by atoms with Crippen LogP contribution in [0.3, 0.4) is 0 Å². The van der Waals surface area contributed by atoms with E-state index in [1.54, 1.807) is 32.3 Å². The van der Waals surface area contributed by atoms with E-state index in [0.29, 0.717) is 17.0 Å². The van der Waals surface area contributed by atoms with Crippen LogP contribution in [0, 0.1) is 0 Å². The first-order valence-corrected chi connectivity index (χ1v) is 4.91. The van der Waals surface area contributed by atoms with Crippen molar-refractivity contribution in [2.75, 3.05) is 33.0 Å². The first-order valence-electron chi connectivity index (χ1n) is 4.91. The second-order valence-electron chi connectivity index (χ2n) is 3.52. The molecule has 0 fully saturated rings. The third kappa shape index (κ3) is 2.87. The number of nitrogens with two attached hydrogens (primary N) is 1. The van der Waals surface area contributed by atoms with Crippen molar-refractivity contribution in [1.29, 1.82) is 0 Å². The zero-order valence-electron chi connectivity index (χ0n) is 9.43. The van der Waals surface area contributed by atoms with Crippen LogP contribution >= 0.6 is 0 Å². The van der Waals surface area contributed by atoms with E-state index in [2.05, 4.69) is 0 Å². The van der Waals surface area contributed by atoms with Gasteiger partial charge in [0.15, 0.2) is 0 Å². The summed E-state index contributed by atoms with van der Waals surface area (Å²) in [5.74, 6) is 0.301. The van der Waals surface area contributed by atoms with Crippen molar-refractivity contribution in [2.45, 2.75) is 0 Å². The topological polar surface area (TPSA) is 75.8 Å². The summed E-state index contributed by atoms with van der Waals surface area (Å²) in [4.78, 5) is 13.1. The fourth-order valence-corrected chi connectivity index (χ4v) is 1.21. The SMILES string of the molecule is CN(C)C(=O)c1ccc(N)c(OCCO)c1. The Labute approximate surface area is 94.4 Å². The molecule has 0 aromatic heterocycles. The highest BCUT2D eigenvalue weighted by molar-refractivity contribution is 5.94. The quantitative estimate of drug-likeness (QED) is 0.723. The Bertz CT molecular complexity index is 377. The summed E-state index contributed by atoms with van der Waals surface area (Å²) in [6, 6.07) is 4.83. The van der Waals surface area contributed by atoms with Gasteiger partial charge in [-0.1, -0.05) is 0 Å². The third-order valence-corrected chi connectivity index (χ3v) is 2.02. The molecule has 0 aliphatic heterocycles. The number of carbonyl (C=O) groups is 1. The van der Waals surface area contributed by atoms with Crippen LogP contribution < -0.4 is 10.5 Å². The van der Waals surface area contributed by atoms with Crippen molar-refractivity contribution in [3.8, 4) is 5.75 Å². The van der Waals surface area contributed by atoms with Crippen molar-refractivity contribution in [3.63, 3.8) is 0 Å². The molecule has 0 saturated heterocycles. The minimum atomic E-state index is -0.117. The number of amides is 1. The van der Waals surface area contributed by atoms with Crippen molar-refractivity contribution in [1.82, 2.24) is 4.90 Å². The predicted molar refractivity (Wildman–Crippen MR) is 61.5 cm³/mol. The molecule has 0 spiro atoms. The Morgan fingerprint density at radius 3 is 2.75 bits per heavy atom. The smallest absolute Gasteiger partial charge is 0.253 e. The number of nitrogens with zero attached hydrogens (tertiary/aromatic N) is 1. The molecule has 0 radical (unpaired) electrons. The molecule has 5 nitrogen and oxygen atoms in total. The van der Waals surface area contributed by atoms with Gasteiger partial charge < -0.3 is 20.5 Å². The molecule has 0 bridgehead atoms. The molecule has 3 N–H and O–H groups in total. The predicted octanol–water partition coefficient (Wildman–Crippen LogP) is 0.342. The molecule has 1 amide bonds. The molecule has 1 aromatic rings. The summed E-state index contributed by atoms with van der Waals surface area (Å²) in [7, 11) is 3.35. The van der Waals surface area contributed by atoms with Gasteiger partial charge in [-0.2, -0.15) is 0 Å². The molecule has 0 heterocycles. The Kier molecular flexibility index (Phi) is 4.13. The maximum Gasteiger partial charge on any atom is 0.253 e. The molecule has 16 heavy (non-hydrogen) atoms. The Balaban J connectivity index is 2.93. The van der Waals surface area contributed by atoms with Gasteiger partial charge in [0.05, 0.1) is 12.3 Å². The number of carbonyl (C=O) groups excluding carboxylic acids is 1. The van der Waals surface area contributed by atoms with Gasteiger partial charge in [-0.25, -0.2) is 0 Å². The number of ether oxygens (including phenoxy) is 1. The van der Waals surface area contributed by atoms with Gasteiger partial charge in [0.2, 0.25) is 0 Å². The Morgan fingerprint density at radius 1 is 1.50 bits per heavy atom. The highest BCUT2D eigenvalue weighted by Gasteiger charge is 2.10. The third-order valence-electron chi connectivity index (χ3n) is 2.02. The molecule has 1 aromatic carbocycles. The number of nitrogen functional groups attached to an aromatic ring is 1. The van der Waals surface area contributed by atoms with Crippen LogP contribution in [0.4, 0.5) is 5.69 Å². The van der Waals surface area contributed by atoms with Crippen molar-refractivity contribution in [3.05, 3.63) is 23.8 Å². The number of aliphatic hydroxyl groups is 1.